The topological polar surface area (TPSA) is 237 Å². The van der Waals surface area contributed by atoms with E-state index < -0.39 is 72.0 Å². The van der Waals surface area contributed by atoms with Gasteiger partial charge in [0.15, 0.2) is 18.3 Å². The Morgan fingerprint density at radius 2 is 0.507 bits per heavy atom. The first-order valence-corrected chi connectivity index (χ1v) is 24.6. The fourth-order valence-electron chi connectivity index (χ4n) is 3.90. The van der Waals surface area contributed by atoms with Crippen LogP contribution in [0.25, 0.3) is 0 Å². The lowest BCUT2D eigenvalue weighted by Gasteiger charge is -2.17. The molecule has 0 N–H and O–H groups in total. The van der Waals surface area contributed by atoms with E-state index in [1.165, 1.54) is 18.9 Å². The first kappa shape index (κ1) is 73.9. The van der Waals surface area contributed by atoms with Gasteiger partial charge in [0, 0.05) is 38.5 Å². The zero-order chi connectivity index (χ0) is 55.1. The normalized spacial score (nSPS) is 11.3. The SMILES string of the molecule is C=CCC.C=CCC(=O)OCC(COC(=O)CC)OC(=O)CC.CC/C=C/CC.CC/C=C/CC(=O)OCC(COC(=O)CC)OC(=O)CC.CC/C=C/CC(=O)OCC(COC(=O)CC)OC(=O)CC. The van der Waals surface area contributed by atoms with Crippen molar-refractivity contribution in [3.05, 3.63) is 61.8 Å². The van der Waals surface area contributed by atoms with Crippen molar-refractivity contribution < 1.29 is 85.8 Å². The summed E-state index contributed by atoms with van der Waals surface area (Å²) < 4.78 is 44.7. The van der Waals surface area contributed by atoms with Crippen molar-refractivity contribution in [3.8, 4) is 0 Å². The van der Waals surface area contributed by atoms with E-state index in [0.29, 0.717) is 0 Å². The van der Waals surface area contributed by atoms with Gasteiger partial charge in [-0.05, 0) is 32.1 Å². The number of carbonyl (C=O) groups excluding carboxylic acids is 9. The first-order valence-electron chi connectivity index (χ1n) is 24.6. The molecular weight excluding hydrogens is 925 g/mol. The summed E-state index contributed by atoms with van der Waals surface area (Å²) in [5.41, 5.74) is 0. The van der Waals surface area contributed by atoms with Crippen LogP contribution >= 0.6 is 0 Å². The number of carbonyl (C=O) groups is 9. The second-order valence-electron chi connectivity index (χ2n) is 14.2. The minimum Gasteiger partial charge on any atom is -0.462 e. The van der Waals surface area contributed by atoms with Crippen molar-refractivity contribution in [2.75, 3.05) is 39.6 Å². The van der Waals surface area contributed by atoms with E-state index in [1.54, 1.807) is 53.7 Å². The third-order valence-corrected chi connectivity index (χ3v) is 7.82. The van der Waals surface area contributed by atoms with Gasteiger partial charge in [0.05, 0.1) is 19.3 Å². The fourth-order valence-corrected chi connectivity index (χ4v) is 3.90. The van der Waals surface area contributed by atoms with Crippen LogP contribution in [0.3, 0.4) is 0 Å². The third kappa shape index (κ3) is 58.2. The molecule has 0 rings (SSSR count). The molecule has 0 heterocycles. The summed E-state index contributed by atoms with van der Waals surface area (Å²) in [5.74, 6) is -3.83. The van der Waals surface area contributed by atoms with Gasteiger partial charge in [0.2, 0.25) is 0 Å². The molecule has 0 fully saturated rings. The molecule has 0 amide bonds. The Labute approximate surface area is 424 Å². The number of ether oxygens (including phenoxy) is 9. The average Bonchev–Trinajstić information content (AvgIpc) is 3.38. The Balaban J connectivity index is -0.000000279. The lowest BCUT2D eigenvalue weighted by atomic mass is 10.3. The van der Waals surface area contributed by atoms with Crippen LogP contribution in [0, 0.1) is 0 Å². The number of hydrogen-bond acceptors (Lipinski definition) is 18. The van der Waals surface area contributed by atoms with E-state index in [-0.39, 0.29) is 97.4 Å². The van der Waals surface area contributed by atoms with Crippen LogP contribution in [0.5, 0.6) is 0 Å². The summed E-state index contributed by atoms with van der Waals surface area (Å²) in [4.78, 5) is 101. The summed E-state index contributed by atoms with van der Waals surface area (Å²) in [5, 5.41) is 0. The van der Waals surface area contributed by atoms with E-state index in [2.05, 4.69) is 46.1 Å². The molecule has 0 aromatic carbocycles. The van der Waals surface area contributed by atoms with Crippen LogP contribution in [0.1, 0.15) is 166 Å². The maximum Gasteiger partial charge on any atom is 0.309 e. The maximum atomic E-state index is 11.5. The number of rotatable bonds is 32. The molecule has 0 saturated heterocycles. The van der Waals surface area contributed by atoms with Crippen molar-refractivity contribution >= 4 is 53.7 Å². The van der Waals surface area contributed by atoms with Crippen LogP contribution in [0.15, 0.2) is 61.8 Å². The van der Waals surface area contributed by atoms with Gasteiger partial charge in [-0.1, -0.05) is 125 Å². The lowest BCUT2D eigenvalue weighted by Crippen LogP contribution is -2.30. The number of esters is 9. The van der Waals surface area contributed by atoms with Gasteiger partial charge >= 0.3 is 53.7 Å². The van der Waals surface area contributed by atoms with Crippen molar-refractivity contribution in [2.45, 2.75) is 184 Å². The Morgan fingerprint density at radius 3 is 0.704 bits per heavy atom. The summed E-state index contributed by atoms with van der Waals surface area (Å²) in [6.07, 6.45) is 19.3. The molecule has 0 bridgehead atoms. The third-order valence-electron chi connectivity index (χ3n) is 7.82. The van der Waals surface area contributed by atoms with Gasteiger partial charge in [0.1, 0.15) is 39.6 Å². The van der Waals surface area contributed by atoms with Crippen LogP contribution in [-0.4, -0.2) is 112 Å². The summed E-state index contributed by atoms with van der Waals surface area (Å²) in [6, 6.07) is 0. The molecule has 0 aromatic heterocycles. The van der Waals surface area contributed by atoms with Gasteiger partial charge in [-0.2, -0.15) is 0 Å². The quantitative estimate of drug-likeness (QED) is 0.0346. The zero-order valence-corrected chi connectivity index (χ0v) is 44.8. The first-order chi connectivity index (χ1) is 33.9. The molecule has 408 valence electrons. The molecular formula is C53H88O18. The molecule has 0 aromatic rings. The molecule has 18 heteroatoms. The highest BCUT2D eigenvalue weighted by Gasteiger charge is 2.20. The highest BCUT2D eigenvalue weighted by atomic mass is 16.6. The highest BCUT2D eigenvalue weighted by Crippen LogP contribution is 2.04. The van der Waals surface area contributed by atoms with E-state index in [0.717, 1.165) is 19.3 Å². The van der Waals surface area contributed by atoms with Crippen molar-refractivity contribution in [2.24, 2.45) is 0 Å². The Kier molecular flexibility index (Phi) is 58.8. The predicted octanol–water partition coefficient (Wildman–Crippen LogP) is 9.65. The lowest BCUT2D eigenvalue weighted by molar-refractivity contribution is -0.166. The van der Waals surface area contributed by atoms with Crippen LogP contribution in [0.2, 0.25) is 0 Å². The standard InChI is InChI=1S/2C15H24O6.C13H20O6.C6H12.C4H8/c2*1-4-7-8-9-15(18)20-11-12(21-14(17)6-3)10-19-13(16)5-2;1-4-7-13(16)18-9-10(19-12(15)6-3)8-17-11(14)5-2;1-3-5-6-4-2;1-3-4-2/h2*7-8,12H,4-6,9-11H2,1-3H3;4,10H,1,5-9H2,2-3H3;5-6H,3-4H2,1-2H3;3H,1,4H2,2H3/b2*8-7+;;6-5+;. The molecule has 0 radical (unpaired) electrons. The molecule has 71 heavy (non-hydrogen) atoms. The van der Waals surface area contributed by atoms with Gasteiger partial charge < -0.3 is 42.6 Å². The maximum absolute atomic E-state index is 11.5. The fraction of sp³-hybridized carbons (Fsp3) is 0.642. The second kappa shape index (κ2) is 56.5. The van der Waals surface area contributed by atoms with Gasteiger partial charge in [-0.15, -0.1) is 13.2 Å². The molecule has 18 nitrogen and oxygen atoms in total. The molecule has 3 atom stereocenters. The van der Waals surface area contributed by atoms with Crippen LogP contribution < -0.4 is 0 Å². The number of hydrogen-bond donors (Lipinski definition) is 0. The Morgan fingerprint density at radius 1 is 0.296 bits per heavy atom. The average molecular weight is 1010 g/mol. The number of allylic oxidation sites excluding steroid dienone is 5. The Bertz CT molecular complexity index is 1470. The minimum atomic E-state index is -0.781. The van der Waals surface area contributed by atoms with Gasteiger partial charge in [-0.25, -0.2) is 0 Å². The predicted molar refractivity (Wildman–Crippen MR) is 270 cm³/mol. The van der Waals surface area contributed by atoms with Gasteiger partial charge in [0.25, 0.3) is 0 Å². The second-order valence-corrected chi connectivity index (χ2v) is 14.2. The minimum absolute atomic E-state index is 0.0726. The van der Waals surface area contributed by atoms with Crippen LogP contribution in [0.4, 0.5) is 0 Å². The molecule has 0 aliphatic rings. The van der Waals surface area contributed by atoms with E-state index >= 15 is 0 Å². The summed E-state index contributed by atoms with van der Waals surface area (Å²) >= 11 is 0. The molecule has 3 unspecified atom stereocenters. The summed E-state index contributed by atoms with van der Waals surface area (Å²) in [7, 11) is 0. The largest absolute Gasteiger partial charge is 0.462 e. The summed E-state index contributed by atoms with van der Waals surface area (Å²) in [6.45, 7) is 26.3. The van der Waals surface area contributed by atoms with E-state index in [4.69, 9.17) is 42.6 Å². The molecule has 0 saturated carbocycles. The van der Waals surface area contributed by atoms with Gasteiger partial charge in [-0.3, -0.25) is 43.2 Å². The van der Waals surface area contributed by atoms with E-state index in [1.807, 2.05) is 32.1 Å². The van der Waals surface area contributed by atoms with Crippen molar-refractivity contribution in [1.29, 1.82) is 0 Å². The molecule has 0 aliphatic carbocycles. The smallest absolute Gasteiger partial charge is 0.309 e. The molecule has 0 aliphatic heterocycles. The van der Waals surface area contributed by atoms with E-state index in [9.17, 15) is 43.2 Å². The highest BCUT2D eigenvalue weighted by molar-refractivity contribution is 5.73. The van der Waals surface area contributed by atoms with Crippen LogP contribution in [-0.2, 0) is 85.8 Å². The van der Waals surface area contributed by atoms with Crippen molar-refractivity contribution in [1.82, 2.24) is 0 Å². The zero-order valence-electron chi connectivity index (χ0n) is 44.8. The Hall–Kier alpha value is -6.07. The van der Waals surface area contributed by atoms with Crippen molar-refractivity contribution in [3.63, 3.8) is 0 Å². The monoisotopic (exact) mass is 1010 g/mol. The molecule has 0 spiro atoms.